The van der Waals surface area contributed by atoms with Gasteiger partial charge in [0.15, 0.2) is 5.78 Å². The van der Waals surface area contributed by atoms with Crippen LogP contribution in [-0.4, -0.2) is 39.1 Å². The smallest absolute Gasteiger partial charge is 0.336 e. The van der Waals surface area contributed by atoms with Gasteiger partial charge in [0.2, 0.25) is 0 Å². The highest BCUT2D eigenvalue weighted by Crippen LogP contribution is 2.48. The zero-order chi connectivity index (χ0) is 25.3. The number of dihydropyridines is 1. The number of carbonyl (C=O) groups excluding carboxylic acids is 3. The lowest BCUT2D eigenvalue weighted by molar-refractivity contribution is -0.150. The second-order valence-corrected chi connectivity index (χ2v) is 8.45. The first-order valence-corrected chi connectivity index (χ1v) is 11.1. The number of nitrogens with one attached hydrogen (secondary N) is 1. The lowest BCUT2D eigenvalue weighted by Gasteiger charge is -2.39. The van der Waals surface area contributed by atoms with Crippen LogP contribution in [0.4, 0.5) is 4.39 Å². The van der Waals surface area contributed by atoms with E-state index in [0.29, 0.717) is 17.1 Å². The molecule has 8 heteroatoms. The number of methoxy groups -OCH3 is 3. The van der Waals surface area contributed by atoms with Gasteiger partial charge in [-0.3, -0.25) is 9.59 Å². The van der Waals surface area contributed by atoms with Gasteiger partial charge < -0.3 is 19.5 Å². The van der Waals surface area contributed by atoms with E-state index in [1.54, 1.807) is 44.4 Å². The van der Waals surface area contributed by atoms with Crippen LogP contribution in [0.1, 0.15) is 36.3 Å². The molecule has 0 fully saturated rings. The van der Waals surface area contributed by atoms with Crippen molar-refractivity contribution in [1.82, 2.24) is 5.32 Å². The molecule has 0 saturated heterocycles. The van der Waals surface area contributed by atoms with Crippen molar-refractivity contribution in [2.24, 2.45) is 5.92 Å². The van der Waals surface area contributed by atoms with Crippen molar-refractivity contribution in [2.75, 3.05) is 21.3 Å². The Morgan fingerprint density at radius 1 is 1.00 bits per heavy atom. The fraction of sp³-hybridized carbons (Fsp3) is 0.296. The zero-order valence-corrected chi connectivity index (χ0v) is 19.9. The van der Waals surface area contributed by atoms with Gasteiger partial charge in [-0.15, -0.1) is 0 Å². The average molecular weight is 480 g/mol. The number of benzene rings is 2. The topological polar surface area (TPSA) is 90.9 Å². The summed E-state index contributed by atoms with van der Waals surface area (Å²) in [5.41, 5.74) is 2.19. The summed E-state index contributed by atoms with van der Waals surface area (Å²) in [7, 11) is 4.00. The SMILES string of the molecule is COC(=O)C1=C(C)NC2=C(C(=O)[C@@H](C(=O)OC)[C@H](c3ccc(OC)cc3)C2)[C@@H]1c1ccccc1F. The minimum atomic E-state index is -1.17. The second kappa shape index (κ2) is 9.74. The molecular formula is C27H26FNO6. The second-order valence-electron chi connectivity index (χ2n) is 8.45. The zero-order valence-electron chi connectivity index (χ0n) is 19.9. The Labute approximate surface area is 202 Å². The summed E-state index contributed by atoms with van der Waals surface area (Å²) in [6.07, 6.45) is 0.282. The highest BCUT2D eigenvalue weighted by atomic mass is 19.1. The van der Waals surface area contributed by atoms with Crippen molar-refractivity contribution < 1.29 is 33.0 Å². The van der Waals surface area contributed by atoms with Crippen molar-refractivity contribution >= 4 is 17.7 Å². The van der Waals surface area contributed by atoms with Crippen LogP contribution < -0.4 is 10.1 Å². The molecule has 0 radical (unpaired) electrons. The number of hydrogen-bond acceptors (Lipinski definition) is 7. The molecule has 2 aromatic carbocycles. The Balaban J connectivity index is 1.90. The van der Waals surface area contributed by atoms with E-state index < -0.39 is 41.3 Å². The molecule has 0 aromatic heterocycles. The van der Waals surface area contributed by atoms with E-state index >= 15 is 4.39 Å². The summed E-state index contributed by atoms with van der Waals surface area (Å²) in [6.45, 7) is 1.68. The molecule has 3 atom stereocenters. The van der Waals surface area contributed by atoms with Gasteiger partial charge >= 0.3 is 11.9 Å². The first-order valence-electron chi connectivity index (χ1n) is 11.1. The molecule has 1 N–H and O–H groups in total. The van der Waals surface area contributed by atoms with Gasteiger partial charge in [-0.05, 0) is 37.1 Å². The van der Waals surface area contributed by atoms with Crippen molar-refractivity contribution in [3.63, 3.8) is 0 Å². The maximum Gasteiger partial charge on any atom is 0.336 e. The van der Waals surface area contributed by atoms with Crippen LogP contribution in [0.2, 0.25) is 0 Å². The standard InChI is InChI=1S/C27H26FNO6/c1-14-21(26(31)34-3)22(17-7-5-6-8-19(17)28)24-20(29-14)13-18(23(25(24)30)27(32)35-4)15-9-11-16(33-2)12-10-15/h5-12,18,22-23,29H,13H2,1-4H3/t18-,22+,23-/m0/s1. The van der Waals surface area contributed by atoms with Gasteiger partial charge in [-0.1, -0.05) is 30.3 Å². The molecule has 0 unspecified atom stereocenters. The van der Waals surface area contributed by atoms with E-state index in [1.807, 2.05) is 0 Å². The highest BCUT2D eigenvalue weighted by Gasteiger charge is 2.49. The maximum atomic E-state index is 15.0. The molecule has 2 aromatic rings. The Morgan fingerprint density at radius 3 is 2.29 bits per heavy atom. The maximum absolute atomic E-state index is 15.0. The van der Waals surface area contributed by atoms with Crippen molar-refractivity contribution in [3.05, 3.63) is 88.0 Å². The Hall–Kier alpha value is -3.94. The highest BCUT2D eigenvalue weighted by molar-refractivity contribution is 6.13. The van der Waals surface area contributed by atoms with Crippen molar-refractivity contribution in [2.45, 2.75) is 25.2 Å². The third kappa shape index (κ3) is 4.20. The van der Waals surface area contributed by atoms with E-state index in [9.17, 15) is 14.4 Å². The molecular weight excluding hydrogens is 453 g/mol. The molecule has 0 bridgehead atoms. The molecule has 7 nitrogen and oxygen atoms in total. The van der Waals surface area contributed by atoms with Gasteiger partial charge in [0, 0.05) is 28.4 Å². The van der Waals surface area contributed by atoms with Gasteiger partial charge in [-0.2, -0.15) is 0 Å². The number of hydrogen-bond donors (Lipinski definition) is 1. The number of rotatable bonds is 5. The van der Waals surface area contributed by atoms with Gasteiger partial charge in [0.1, 0.15) is 17.5 Å². The molecule has 4 rings (SSSR count). The molecule has 182 valence electrons. The fourth-order valence-electron chi connectivity index (χ4n) is 5.00. The minimum absolute atomic E-state index is 0.121. The number of esters is 2. The Bertz CT molecular complexity index is 1250. The molecule has 0 saturated carbocycles. The van der Waals surface area contributed by atoms with Crippen LogP contribution in [-0.2, 0) is 23.9 Å². The van der Waals surface area contributed by atoms with Crippen molar-refractivity contribution in [1.29, 1.82) is 0 Å². The Morgan fingerprint density at radius 2 is 1.69 bits per heavy atom. The van der Waals surface area contributed by atoms with Crippen LogP contribution in [0, 0.1) is 11.7 Å². The van der Waals surface area contributed by atoms with E-state index in [0.717, 1.165) is 5.56 Å². The van der Waals surface area contributed by atoms with Crippen molar-refractivity contribution in [3.8, 4) is 5.75 Å². The molecule has 1 aliphatic carbocycles. The van der Waals surface area contributed by atoms with Gasteiger partial charge in [0.05, 0.1) is 32.8 Å². The quantitative estimate of drug-likeness (QED) is 0.516. The summed E-state index contributed by atoms with van der Waals surface area (Å²) >= 11 is 0. The number of ketones is 1. The lowest BCUT2D eigenvalue weighted by atomic mass is 9.67. The molecule has 35 heavy (non-hydrogen) atoms. The van der Waals surface area contributed by atoms with Gasteiger partial charge in [0.25, 0.3) is 0 Å². The van der Waals surface area contributed by atoms with E-state index in [1.165, 1.54) is 32.4 Å². The van der Waals surface area contributed by atoms with Crippen LogP contribution >= 0.6 is 0 Å². The monoisotopic (exact) mass is 479 g/mol. The number of halogens is 1. The fourth-order valence-corrected chi connectivity index (χ4v) is 5.00. The van der Waals surface area contributed by atoms with Gasteiger partial charge in [-0.25, -0.2) is 9.18 Å². The first-order chi connectivity index (χ1) is 16.8. The summed E-state index contributed by atoms with van der Waals surface area (Å²) < 4.78 is 30.2. The van der Waals surface area contributed by atoms with Crippen LogP contribution in [0.5, 0.6) is 5.75 Å². The lowest BCUT2D eigenvalue weighted by Crippen LogP contribution is -2.43. The van der Waals surface area contributed by atoms with Crippen LogP contribution in [0.15, 0.2) is 71.1 Å². The predicted octanol–water partition coefficient (Wildman–Crippen LogP) is 3.77. The largest absolute Gasteiger partial charge is 0.497 e. The summed E-state index contributed by atoms with van der Waals surface area (Å²) in [4.78, 5) is 39.7. The Kier molecular flexibility index (Phi) is 6.73. The molecule has 0 spiro atoms. The minimum Gasteiger partial charge on any atom is -0.497 e. The number of carbonyl (C=O) groups is 3. The molecule has 1 aliphatic heterocycles. The van der Waals surface area contributed by atoms with Crippen LogP contribution in [0.3, 0.4) is 0 Å². The average Bonchev–Trinajstić information content (AvgIpc) is 2.87. The first kappa shape index (κ1) is 24.2. The van der Waals surface area contributed by atoms with E-state index in [4.69, 9.17) is 14.2 Å². The van der Waals surface area contributed by atoms with E-state index in [2.05, 4.69) is 5.32 Å². The number of Topliss-reactive ketones (excluding diaryl/α,β-unsaturated/α-hetero) is 1. The summed E-state index contributed by atoms with van der Waals surface area (Å²) in [6, 6.07) is 13.1. The predicted molar refractivity (Wildman–Crippen MR) is 125 cm³/mol. The summed E-state index contributed by atoms with van der Waals surface area (Å²) in [5.74, 6) is -4.55. The molecule has 2 aliphatic rings. The number of ether oxygens (including phenoxy) is 3. The normalized spacial score (nSPS) is 21.7. The molecule has 1 heterocycles. The number of allylic oxidation sites excluding steroid dienone is 3. The van der Waals surface area contributed by atoms with Crippen LogP contribution in [0.25, 0.3) is 0 Å². The van der Waals surface area contributed by atoms with E-state index in [-0.39, 0.29) is 23.1 Å². The summed E-state index contributed by atoms with van der Waals surface area (Å²) in [5, 5.41) is 3.17. The third-order valence-corrected chi connectivity index (χ3v) is 6.64. The third-order valence-electron chi connectivity index (χ3n) is 6.64. The molecule has 0 amide bonds.